The highest BCUT2D eigenvalue weighted by Gasteiger charge is 2.18. The minimum Gasteiger partial charge on any atom is -0.493 e. The summed E-state index contributed by atoms with van der Waals surface area (Å²) >= 11 is 0. The highest BCUT2D eigenvalue weighted by molar-refractivity contribution is 5.83. The van der Waals surface area contributed by atoms with Gasteiger partial charge < -0.3 is 20.3 Å². The molecule has 0 aromatic heterocycles. The van der Waals surface area contributed by atoms with Gasteiger partial charge in [0, 0.05) is 0 Å². The second kappa shape index (κ2) is 7.49. The third-order valence-corrected chi connectivity index (χ3v) is 2.80. The van der Waals surface area contributed by atoms with E-state index in [9.17, 15) is 9.59 Å². The lowest BCUT2D eigenvalue weighted by Crippen LogP contribution is -2.43. The van der Waals surface area contributed by atoms with Gasteiger partial charge in [-0.3, -0.25) is 4.79 Å². The van der Waals surface area contributed by atoms with Crippen LogP contribution < -0.4 is 10.1 Å². The summed E-state index contributed by atoms with van der Waals surface area (Å²) in [4.78, 5) is 22.2. The van der Waals surface area contributed by atoms with E-state index in [4.69, 9.17) is 14.9 Å². The number of hydrogen-bond donors (Lipinski definition) is 3. The molecule has 1 aromatic carbocycles. The Bertz CT molecular complexity index is 466. The van der Waals surface area contributed by atoms with Crippen LogP contribution in [0.25, 0.3) is 0 Å². The standard InChI is InChI=1S/C14H19NO5/c1-9-4-3-5-10(2)13(9)20-7-6-12(17)15-11(8-16)14(18)19/h3-5,11,16H,6-8H2,1-2H3,(H,15,17)(H,18,19)/t11-/m1/s1. The van der Waals surface area contributed by atoms with Crippen molar-refractivity contribution in [3.63, 3.8) is 0 Å². The van der Waals surface area contributed by atoms with E-state index in [-0.39, 0.29) is 13.0 Å². The predicted octanol–water partition coefficient (Wildman–Crippen LogP) is 0.634. The number of carboxylic acids is 1. The molecule has 6 nitrogen and oxygen atoms in total. The molecule has 0 bridgehead atoms. The Labute approximate surface area is 117 Å². The molecule has 1 rings (SSSR count). The van der Waals surface area contributed by atoms with Crippen molar-refractivity contribution in [1.29, 1.82) is 0 Å². The van der Waals surface area contributed by atoms with Crippen LogP contribution in [0.1, 0.15) is 17.5 Å². The molecule has 6 heteroatoms. The van der Waals surface area contributed by atoms with E-state index in [1.54, 1.807) is 0 Å². The van der Waals surface area contributed by atoms with Gasteiger partial charge in [0.25, 0.3) is 0 Å². The van der Waals surface area contributed by atoms with Gasteiger partial charge in [-0.2, -0.15) is 0 Å². The number of benzene rings is 1. The number of para-hydroxylation sites is 1. The predicted molar refractivity (Wildman–Crippen MR) is 72.7 cm³/mol. The molecule has 0 radical (unpaired) electrons. The molecular weight excluding hydrogens is 262 g/mol. The summed E-state index contributed by atoms with van der Waals surface area (Å²) in [5, 5.41) is 19.7. The molecule has 1 amide bonds. The molecular formula is C14H19NO5. The SMILES string of the molecule is Cc1cccc(C)c1OCCC(=O)N[C@H](CO)C(=O)O. The molecule has 1 atom stereocenters. The molecule has 0 aliphatic carbocycles. The Morgan fingerprint density at radius 1 is 1.30 bits per heavy atom. The van der Waals surface area contributed by atoms with Crippen LogP contribution in [0.15, 0.2) is 18.2 Å². The normalized spacial score (nSPS) is 11.8. The van der Waals surface area contributed by atoms with E-state index < -0.39 is 24.5 Å². The maximum Gasteiger partial charge on any atom is 0.328 e. The van der Waals surface area contributed by atoms with Crippen LogP contribution in [0.3, 0.4) is 0 Å². The van der Waals surface area contributed by atoms with Crippen LogP contribution in [-0.4, -0.2) is 41.3 Å². The summed E-state index contributed by atoms with van der Waals surface area (Å²) in [6.45, 7) is 3.33. The Balaban J connectivity index is 2.44. The lowest BCUT2D eigenvalue weighted by atomic mass is 10.1. The van der Waals surface area contributed by atoms with Crippen molar-refractivity contribution in [2.45, 2.75) is 26.3 Å². The number of ether oxygens (including phenoxy) is 1. The molecule has 0 saturated carbocycles. The lowest BCUT2D eigenvalue weighted by Gasteiger charge is -2.13. The van der Waals surface area contributed by atoms with E-state index in [1.807, 2.05) is 32.0 Å². The fourth-order valence-electron chi connectivity index (χ4n) is 1.72. The summed E-state index contributed by atoms with van der Waals surface area (Å²) in [5.74, 6) is -1.01. The number of carboxylic acid groups (broad SMARTS) is 1. The Morgan fingerprint density at radius 3 is 2.40 bits per heavy atom. The molecule has 20 heavy (non-hydrogen) atoms. The molecule has 0 fully saturated rings. The monoisotopic (exact) mass is 281 g/mol. The third kappa shape index (κ3) is 4.55. The van der Waals surface area contributed by atoms with E-state index in [0.29, 0.717) is 0 Å². The first-order valence-electron chi connectivity index (χ1n) is 6.27. The second-order valence-electron chi connectivity index (χ2n) is 4.46. The van der Waals surface area contributed by atoms with Gasteiger partial charge in [0.15, 0.2) is 0 Å². The Kier molecular flexibility index (Phi) is 5.99. The highest BCUT2D eigenvalue weighted by Crippen LogP contribution is 2.22. The first-order chi connectivity index (χ1) is 9.45. The molecule has 3 N–H and O–H groups in total. The zero-order valence-corrected chi connectivity index (χ0v) is 11.5. The maximum absolute atomic E-state index is 11.5. The number of amides is 1. The molecule has 0 unspecified atom stereocenters. The fourth-order valence-corrected chi connectivity index (χ4v) is 1.72. The van der Waals surface area contributed by atoms with Crippen molar-refractivity contribution in [1.82, 2.24) is 5.32 Å². The summed E-state index contributed by atoms with van der Waals surface area (Å²) in [5.41, 5.74) is 1.95. The van der Waals surface area contributed by atoms with Gasteiger partial charge in [0.05, 0.1) is 19.6 Å². The van der Waals surface area contributed by atoms with E-state index in [1.165, 1.54) is 0 Å². The van der Waals surface area contributed by atoms with Gasteiger partial charge >= 0.3 is 5.97 Å². The van der Waals surface area contributed by atoms with Crippen molar-refractivity contribution in [3.05, 3.63) is 29.3 Å². The van der Waals surface area contributed by atoms with Gasteiger partial charge in [-0.15, -0.1) is 0 Å². The molecule has 0 saturated heterocycles. The van der Waals surface area contributed by atoms with Gasteiger partial charge in [0.1, 0.15) is 11.8 Å². The van der Waals surface area contributed by atoms with Gasteiger partial charge in [-0.25, -0.2) is 4.79 Å². The minimum absolute atomic E-state index is 0.0254. The van der Waals surface area contributed by atoms with Crippen molar-refractivity contribution in [2.24, 2.45) is 0 Å². The number of hydrogen-bond acceptors (Lipinski definition) is 4. The van der Waals surface area contributed by atoms with E-state index in [0.717, 1.165) is 16.9 Å². The summed E-state index contributed by atoms with van der Waals surface area (Å²) in [6.07, 6.45) is 0.0254. The molecule has 0 aliphatic heterocycles. The third-order valence-electron chi connectivity index (χ3n) is 2.80. The van der Waals surface area contributed by atoms with Crippen LogP contribution in [0, 0.1) is 13.8 Å². The van der Waals surface area contributed by atoms with Gasteiger partial charge in [0.2, 0.25) is 5.91 Å². The van der Waals surface area contributed by atoms with Gasteiger partial charge in [-0.1, -0.05) is 18.2 Å². The minimum atomic E-state index is -1.28. The van der Waals surface area contributed by atoms with Crippen molar-refractivity contribution < 1.29 is 24.5 Å². The first kappa shape index (κ1) is 16.0. The van der Waals surface area contributed by atoms with Crippen molar-refractivity contribution >= 4 is 11.9 Å². The second-order valence-corrected chi connectivity index (χ2v) is 4.46. The number of carbonyl (C=O) groups excluding carboxylic acids is 1. The van der Waals surface area contributed by atoms with Crippen LogP contribution in [0.2, 0.25) is 0 Å². The smallest absolute Gasteiger partial charge is 0.328 e. The number of aliphatic hydroxyl groups is 1. The molecule has 110 valence electrons. The number of rotatable bonds is 7. The van der Waals surface area contributed by atoms with E-state index >= 15 is 0 Å². The average molecular weight is 281 g/mol. The van der Waals surface area contributed by atoms with Crippen molar-refractivity contribution in [2.75, 3.05) is 13.2 Å². The number of carbonyl (C=O) groups is 2. The van der Waals surface area contributed by atoms with Crippen molar-refractivity contribution in [3.8, 4) is 5.75 Å². The zero-order chi connectivity index (χ0) is 15.1. The number of aryl methyl sites for hydroxylation is 2. The Morgan fingerprint density at radius 2 is 1.90 bits per heavy atom. The summed E-state index contributed by atoms with van der Waals surface area (Å²) in [7, 11) is 0. The Hall–Kier alpha value is -2.08. The fraction of sp³-hybridized carbons (Fsp3) is 0.429. The highest BCUT2D eigenvalue weighted by atomic mass is 16.5. The maximum atomic E-state index is 11.5. The van der Waals surface area contributed by atoms with Crippen LogP contribution in [-0.2, 0) is 9.59 Å². The van der Waals surface area contributed by atoms with E-state index in [2.05, 4.69) is 5.32 Å². The zero-order valence-electron chi connectivity index (χ0n) is 11.5. The first-order valence-corrected chi connectivity index (χ1v) is 6.27. The molecule has 0 heterocycles. The molecule has 0 spiro atoms. The summed E-state index contributed by atoms with van der Waals surface area (Å²) in [6, 6.07) is 4.47. The van der Waals surface area contributed by atoms with Gasteiger partial charge in [-0.05, 0) is 25.0 Å². The topological polar surface area (TPSA) is 95.9 Å². The molecule has 0 aliphatic rings. The van der Waals surface area contributed by atoms with Crippen LogP contribution >= 0.6 is 0 Å². The number of aliphatic hydroxyl groups excluding tert-OH is 1. The lowest BCUT2D eigenvalue weighted by molar-refractivity contribution is -0.143. The average Bonchev–Trinajstić information content (AvgIpc) is 2.39. The largest absolute Gasteiger partial charge is 0.493 e. The van der Waals surface area contributed by atoms with Crippen LogP contribution in [0.4, 0.5) is 0 Å². The molecule has 1 aromatic rings. The van der Waals surface area contributed by atoms with Crippen LogP contribution in [0.5, 0.6) is 5.75 Å². The number of aliphatic carboxylic acids is 1. The summed E-state index contributed by atoms with van der Waals surface area (Å²) < 4.78 is 5.54. The number of nitrogens with one attached hydrogen (secondary N) is 1. The quantitative estimate of drug-likeness (QED) is 0.681.